The molecule has 3 aromatic heterocycles. The van der Waals surface area contributed by atoms with Crippen LogP contribution in [0, 0.1) is 0 Å². The van der Waals surface area contributed by atoms with Crippen LogP contribution in [-0.2, 0) is 0 Å². The number of benzene rings is 6. The van der Waals surface area contributed by atoms with Gasteiger partial charge in [0.2, 0.25) is 0 Å². The quantitative estimate of drug-likeness (QED) is 0.210. The molecule has 0 bridgehead atoms. The Kier molecular flexibility index (Phi) is 5.50. The number of hydrogen-bond donors (Lipinski definition) is 0. The fourth-order valence-corrected chi connectivity index (χ4v) is 6.86. The highest BCUT2D eigenvalue weighted by Gasteiger charge is 2.18. The molecule has 44 heavy (non-hydrogen) atoms. The first kappa shape index (κ1) is 24.6. The normalized spacial score (nSPS) is 11.6. The van der Waals surface area contributed by atoms with Crippen molar-refractivity contribution in [2.75, 3.05) is 0 Å². The zero-order chi connectivity index (χ0) is 29.0. The van der Waals surface area contributed by atoms with Crippen LogP contribution >= 0.6 is 0 Å². The van der Waals surface area contributed by atoms with Gasteiger partial charge < -0.3 is 9.13 Å². The topological polar surface area (TPSA) is 22.8 Å². The number of pyridine rings is 1. The van der Waals surface area contributed by atoms with Gasteiger partial charge in [-0.1, -0.05) is 103 Å². The monoisotopic (exact) mass is 561 g/mol. The van der Waals surface area contributed by atoms with Gasteiger partial charge in [0.25, 0.3) is 0 Å². The molecule has 0 aliphatic carbocycles. The maximum atomic E-state index is 4.46. The van der Waals surface area contributed by atoms with Crippen LogP contribution < -0.4 is 0 Å². The minimum absolute atomic E-state index is 1.14. The van der Waals surface area contributed by atoms with E-state index in [1.54, 1.807) is 0 Å². The average Bonchev–Trinajstić information content (AvgIpc) is 3.62. The Morgan fingerprint density at radius 2 is 1.02 bits per heavy atom. The summed E-state index contributed by atoms with van der Waals surface area (Å²) in [6.07, 6.45) is 3.86. The van der Waals surface area contributed by atoms with E-state index in [1.807, 2.05) is 12.4 Å². The second kappa shape index (κ2) is 9.82. The van der Waals surface area contributed by atoms with Crippen molar-refractivity contribution in [3.05, 3.63) is 164 Å². The van der Waals surface area contributed by atoms with E-state index in [0.29, 0.717) is 0 Å². The molecule has 0 N–H and O–H groups in total. The smallest absolute Gasteiger partial charge is 0.0571 e. The molecule has 0 radical (unpaired) electrons. The molecule has 6 aromatic carbocycles. The summed E-state index contributed by atoms with van der Waals surface area (Å²) in [5.74, 6) is 0. The third-order valence-electron chi connectivity index (χ3n) is 8.82. The van der Waals surface area contributed by atoms with E-state index < -0.39 is 0 Å². The van der Waals surface area contributed by atoms with Crippen molar-refractivity contribution in [1.82, 2.24) is 14.1 Å². The number of para-hydroxylation sites is 2. The Morgan fingerprint density at radius 3 is 1.86 bits per heavy atom. The van der Waals surface area contributed by atoms with Crippen molar-refractivity contribution in [2.24, 2.45) is 0 Å². The number of fused-ring (bicyclic) bond motifs is 6. The molecule has 206 valence electrons. The molecule has 0 unspecified atom stereocenters. The van der Waals surface area contributed by atoms with Gasteiger partial charge in [-0.3, -0.25) is 4.98 Å². The van der Waals surface area contributed by atoms with Crippen molar-refractivity contribution < 1.29 is 0 Å². The summed E-state index contributed by atoms with van der Waals surface area (Å²) < 4.78 is 4.75. The Bertz CT molecular complexity index is 2470. The lowest BCUT2D eigenvalue weighted by Gasteiger charge is -2.11. The van der Waals surface area contributed by atoms with E-state index in [0.717, 1.165) is 22.3 Å². The van der Waals surface area contributed by atoms with E-state index in [9.17, 15) is 0 Å². The van der Waals surface area contributed by atoms with E-state index >= 15 is 0 Å². The van der Waals surface area contributed by atoms with Gasteiger partial charge in [-0.25, -0.2) is 0 Å². The maximum absolute atomic E-state index is 4.46. The molecule has 9 rings (SSSR count). The van der Waals surface area contributed by atoms with Crippen molar-refractivity contribution in [1.29, 1.82) is 0 Å². The number of hydrogen-bond acceptors (Lipinski definition) is 1. The third kappa shape index (κ3) is 3.73. The largest absolute Gasteiger partial charge is 0.309 e. The van der Waals surface area contributed by atoms with Gasteiger partial charge >= 0.3 is 0 Å². The summed E-state index contributed by atoms with van der Waals surface area (Å²) in [5, 5.41) is 4.87. The number of nitrogens with zero attached hydrogens (tertiary/aromatic N) is 3. The Balaban J connectivity index is 1.28. The van der Waals surface area contributed by atoms with Crippen molar-refractivity contribution in [3.8, 4) is 33.6 Å². The third-order valence-corrected chi connectivity index (χ3v) is 8.82. The van der Waals surface area contributed by atoms with Gasteiger partial charge in [-0.2, -0.15) is 0 Å². The molecule has 0 saturated carbocycles. The lowest BCUT2D eigenvalue weighted by molar-refractivity contribution is 1.17. The van der Waals surface area contributed by atoms with Gasteiger partial charge in [0, 0.05) is 45.3 Å². The molecule has 0 atom stereocenters. The number of aromatic nitrogens is 3. The Labute approximate surface area is 254 Å². The van der Waals surface area contributed by atoms with Crippen LogP contribution in [0.25, 0.3) is 77.2 Å². The highest BCUT2D eigenvalue weighted by molar-refractivity contribution is 6.17. The fraction of sp³-hybridized carbons (Fsp3) is 0. The van der Waals surface area contributed by atoms with Gasteiger partial charge in [0.15, 0.2) is 0 Å². The molecule has 3 heteroatoms. The van der Waals surface area contributed by atoms with E-state index in [2.05, 4.69) is 166 Å². The van der Waals surface area contributed by atoms with Gasteiger partial charge in [0.05, 0.1) is 22.1 Å². The molecule has 9 aromatic rings. The van der Waals surface area contributed by atoms with Crippen LogP contribution in [0.15, 0.2) is 164 Å². The lowest BCUT2D eigenvalue weighted by atomic mass is 9.98. The van der Waals surface area contributed by atoms with Crippen molar-refractivity contribution in [3.63, 3.8) is 0 Å². The van der Waals surface area contributed by atoms with Gasteiger partial charge in [-0.15, -0.1) is 0 Å². The summed E-state index contributed by atoms with van der Waals surface area (Å²) in [5.41, 5.74) is 11.9. The molecule has 0 spiro atoms. The summed E-state index contributed by atoms with van der Waals surface area (Å²) >= 11 is 0. The molecule has 0 saturated heterocycles. The first-order valence-corrected chi connectivity index (χ1v) is 15.0. The minimum Gasteiger partial charge on any atom is -0.309 e. The molecule has 0 aliphatic heterocycles. The molecule has 0 aliphatic rings. The van der Waals surface area contributed by atoms with Crippen LogP contribution in [-0.4, -0.2) is 14.1 Å². The first-order chi connectivity index (χ1) is 21.8. The minimum atomic E-state index is 1.14. The molecule has 3 nitrogen and oxygen atoms in total. The maximum Gasteiger partial charge on any atom is 0.0571 e. The molecule has 0 amide bonds. The second-order valence-corrected chi connectivity index (χ2v) is 11.3. The molecule has 0 fully saturated rings. The van der Waals surface area contributed by atoms with E-state index in [4.69, 9.17) is 0 Å². The van der Waals surface area contributed by atoms with Crippen LogP contribution in [0.3, 0.4) is 0 Å². The SMILES string of the molecule is c1ccc(-c2ccc(-n3c4ccccc4c4c(-c5ccc6c7cnccc7n(-c7ccccc7)c6c5)cccc43)cc2)cc1. The average molecular weight is 562 g/mol. The van der Waals surface area contributed by atoms with Gasteiger partial charge in [-0.05, 0) is 70.8 Å². The van der Waals surface area contributed by atoms with Crippen LogP contribution in [0.1, 0.15) is 0 Å². The van der Waals surface area contributed by atoms with Crippen molar-refractivity contribution in [2.45, 2.75) is 0 Å². The van der Waals surface area contributed by atoms with Crippen LogP contribution in [0.5, 0.6) is 0 Å². The highest BCUT2D eigenvalue weighted by atomic mass is 15.0. The predicted molar refractivity (Wildman–Crippen MR) is 184 cm³/mol. The Morgan fingerprint density at radius 1 is 0.386 bits per heavy atom. The highest BCUT2D eigenvalue weighted by Crippen LogP contribution is 2.41. The van der Waals surface area contributed by atoms with Gasteiger partial charge in [0.1, 0.15) is 0 Å². The molecule has 3 heterocycles. The number of rotatable bonds is 4. The summed E-state index contributed by atoms with van der Waals surface area (Å²) in [4.78, 5) is 4.46. The first-order valence-electron chi connectivity index (χ1n) is 15.0. The Hall–Kier alpha value is -5.93. The van der Waals surface area contributed by atoms with Crippen molar-refractivity contribution >= 4 is 43.6 Å². The second-order valence-electron chi connectivity index (χ2n) is 11.3. The standard InChI is InChI=1S/C41H27N3/c1-3-10-28(11-4-1)29-18-21-32(22-19-29)43-37-16-8-7-14-35(37)41-33(15-9-17-39(41)43)30-20-23-34-36-27-42-25-24-38(36)44(40(34)26-30)31-12-5-2-6-13-31/h1-27H. The fourth-order valence-electron chi connectivity index (χ4n) is 6.86. The molecular weight excluding hydrogens is 534 g/mol. The summed E-state index contributed by atoms with van der Waals surface area (Å²) in [6, 6.07) is 54.5. The zero-order valence-corrected chi connectivity index (χ0v) is 23.9. The summed E-state index contributed by atoms with van der Waals surface area (Å²) in [7, 11) is 0. The van der Waals surface area contributed by atoms with E-state index in [1.165, 1.54) is 55.0 Å². The van der Waals surface area contributed by atoms with E-state index in [-0.39, 0.29) is 0 Å². The zero-order valence-electron chi connectivity index (χ0n) is 23.9. The molecular formula is C41H27N3. The summed E-state index contributed by atoms with van der Waals surface area (Å²) in [6.45, 7) is 0. The lowest BCUT2D eigenvalue weighted by Crippen LogP contribution is -1.94. The van der Waals surface area contributed by atoms with Crippen LogP contribution in [0.4, 0.5) is 0 Å². The predicted octanol–water partition coefficient (Wildman–Crippen LogP) is 10.6. The van der Waals surface area contributed by atoms with Crippen LogP contribution in [0.2, 0.25) is 0 Å².